The van der Waals surface area contributed by atoms with Gasteiger partial charge in [-0.05, 0) is 46.9 Å². The summed E-state index contributed by atoms with van der Waals surface area (Å²) >= 11 is 3.10. The van der Waals surface area contributed by atoms with Crippen LogP contribution in [-0.2, 0) is 16.0 Å². The number of benzene rings is 1. The summed E-state index contributed by atoms with van der Waals surface area (Å²) in [6, 6.07) is 12.0. The molecule has 0 unspecified atom stereocenters. The van der Waals surface area contributed by atoms with Crippen molar-refractivity contribution in [3.05, 3.63) is 63.8 Å². The third kappa shape index (κ3) is 4.64. The number of carbonyl (C=O) groups is 2. The smallest absolute Gasteiger partial charge is 0.257 e. The number of anilines is 1. The number of nitrogens with one attached hydrogen (secondary N) is 1. The second-order valence-electron chi connectivity index (χ2n) is 7.21. The predicted molar refractivity (Wildman–Crippen MR) is 122 cm³/mol. The number of carbonyl (C=O) groups excluding carboxylic acids is 2. The Balaban J connectivity index is 1.61. The van der Waals surface area contributed by atoms with Crippen molar-refractivity contribution in [2.45, 2.75) is 19.8 Å². The van der Waals surface area contributed by atoms with Gasteiger partial charge in [0.05, 0.1) is 18.8 Å². The molecule has 0 radical (unpaired) electrons. The second kappa shape index (κ2) is 9.55. The lowest BCUT2D eigenvalue weighted by Crippen LogP contribution is -2.41. The fourth-order valence-corrected chi connectivity index (χ4v) is 5.45. The lowest BCUT2D eigenvalue weighted by molar-refractivity contribution is -0.116. The molecule has 1 N–H and O–H groups in total. The van der Waals surface area contributed by atoms with Crippen molar-refractivity contribution in [2.75, 3.05) is 31.6 Å². The largest absolute Gasteiger partial charge is 0.378 e. The van der Waals surface area contributed by atoms with Crippen LogP contribution in [0.5, 0.6) is 0 Å². The first-order valence-electron chi connectivity index (χ1n) is 10.00. The van der Waals surface area contributed by atoms with Crippen LogP contribution in [0.2, 0.25) is 0 Å². The zero-order chi connectivity index (χ0) is 20.9. The predicted octanol–water partition coefficient (Wildman–Crippen LogP) is 4.83. The Hall–Kier alpha value is -2.48. The van der Waals surface area contributed by atoms with Crippen LogP contribution in [0.1, 0.15) is 27.9 Å². The Kier molecular flexibility index (Phi) is 6.62. The van der Waals surface area contributed by atoms with E-state index < -0.39 is 0 Å². The first-order valence-corrected chi connectivity index (χ1v) is 11.8. The molecule has 30 heavy (non-hydrogen) atoms. The molecule has 2 aromatic heterocycles. The molecule has 0 bridgehead atoms. The average Bonchev–Trinajstić information content (AvgIpc) is 3.41. The molecule has 3 aromatic rings. The van der Waals surface area contributed by atoms with E-state index in [-0.39, 0.29) is 11.8 Å². The number of thiophene rings is 2. The average molecular weight is 441 g/mol. The molecule has 1 aromatic carbocycles. The highest BCUT2D eigenvalue weighted by atomic mass is 32.1. The van der Waals surface area contributed by atoms with Gasteiger partial charge < -0.3 is 15.0 Å². The van der Waals surface area contributed by atoms with E-state index in [1.165, 1.54) is 11.3 Å². The zero-order valence-corrected chi connectivity index (χ0v) is 18.5. The molecule has 156 valence electrons. The van der Waals surface area contributed by atoms with Gasteiger partial charge in [-0.15, -0.1) is 11.3 Å². The van der Waals surface area contributed by atoms with Crippen molar-refractivity contribution in [3.63, 3.8) is 0 Å². The highest BCUT2D eigenvalue weighted by molar-refractivity contribution is 7.20. The van der Waals surface area contributed by atoms with Crippen LogP contribution in [0, 0.1) is 6.92 Å². The number of nitrogens with zero attached hydrogens (tertiary/aromatic N) is 1. The van der Waals surface area contributed by atoms with E-state index in [0.29, 0.717) is 49.7 Å². The minimum atomic E-state index is -0.0712. The van der Waals surface area contributed by atoms with Crippen molar-refractivity contribution < 1.29 is 14.3 Å². The second-order valence-corrected chi connectivity index (χ2v) is 9.01. The topological polar surface area (TPSA) is 58.6 Å². The van der Waals surface area contributed by atoms with Crippen LogP contribution in [0.4, 0.5) is 5.00 Å². The highest BCUT2D eigenvalue weighted by Crippen LogP contribution is 2.40. The van der Waals surface area contributed by atoms with Crippen molar-refractivity contribution in [1.82, 2.24) is 4.90 Å². The van der Waals surface area contributed by atoms with Gasteiger partial charge in [-0.1, -0.05) is 30.3 Å². The van der Waals surface area contributed by atoms with E-state index >= 15 is 0 Å². The Morgan fingerprint density at radius 2 is 1.90 bits per heavy atom. The van der Waals surface area contributed by atoms with Gasteiger partial charge in [-0.3, -0.25) is 9.59 Å². The molecular formula is C23H24N2O3S2. The molecule has 0 spiro atoms. The van der Waals surface area contributed by atoms with Crippen molar-refractivity contribution in [2.24, 2.45) is 0 Å². The first kappa shape index (κ1) is 20.8. The lowest BCUT2D eigenvalue weighted by Gasteiger charge is -2.27. The quantitative estimate of drug-likeness (QED) is 0.597. The molecular weight excluding hydrogens is 416 g/mol. The first-order chi connectivity index (χ1) is 14.6. The lowest BCUT2D eigenvalue weighted by atomic mass is 10.1. The Morgan fingerprint density at radius 3 is 2.60 bits per heavy atom. The maximum absolute atomic E-state index is 13.3. The van der Waals surface area contributed by atoms with E-state index in [2.05, 4.69) is 10.7 Å². The van der Waals surface area contributed by atoms with Crippen molar-refractivity contribution >= 4 is 39.5 Å². The minimum Gasteiger partial charge on any atom is -0.378 e. The zero-order valence-electron chi connectivity index (χ0n) is 16.8. The van der Waals surface area contributed by atoms with E-state index in [0.717, 1.165) is 21.6 Å². The summed E-state index contributed by atoms with van der Waals surface area (Å²) in [6.45, 7) is 4.19. The summed E-state index contributed by atoms with van der Waals surface area (Å²) < 4.78 is 5.39. The number of amides is 2. The van der Waals surface area contributed by atoms with Gasteiger partial charge in [-0.25, -0.2) is 0 Å². The number of aryl methyl sites for hydroxylation is 1. The third-order valence-corrected chi connectivity index (χ3v) is 7.16. The van der Waals surface area contributed by atoms with Crippen LogP contribution in [-0.4, -0.2) is 43.0 Å². The van der Waals surface area contributed by atoms with Crippen molar-refractivity contribution in [3.8, 4) is 10.4 Å². The molecule has 0 aliphatic carbocycles. The fraction of sp³-hybridized carbons (Fsp3) is 0.304. The van der Waals surface area contributed by atoms with E-state index in [1.54, 1.807) is 11.3 Å². The molecule has 1 fully saturated rings. The Morgan fingerprint density at radius 1 is 1.13 bits per heavy atom. The summed E-state index contributed by atoms with van der Waals surface area (Å²) in [5.74, 6) is -0.111. The van der Waals surface area contributed by atoms with Crippen LogP contribution in [0.15, 0.2) is 47.2 Å². The molecule has 2 amide bonds. The van der Waals surface area contributed by atoms with Gasteiger partial charge in [0.2, 0.25) is 5.91 Å². The summed E-state index contributed by atoms with van der Waals surface area (Å²) in [7, 11) is 0. The maximum atomic E-state index is 13.3. The van der Waals surface area contributed by atoms with Crippen LogP contribution in [0.25, 0.3) is 10.4 Å². The summed E-state index contributed by atoms with van der Waals surface area (Å²) in [5, 5.41) is 7.74. The summed E-state index contributed by atoms with van der Waals surface area (Å²) in [6.07, 6.45) is 1.08. The Labute approximate surface area is 184 Å². The number of hydrogen-bond acceptors (Lipinski definition) is 5. The van der Waals surface area contributed by atoms with Gasteiger partial charge in [0.1, 0.15) is 5.00 Å². The van der Waals surface area contributed by atoms with Gasteiger partial charge in [0.25, 0.3) is 5.91 Å². The van der Waals surface area contributed by atoms with E-state index in [4.69, 9.17) is 4.74 Å². The van der Waals surface area contributed by atoms with Gasteiger partial charge in [-0.2, -0.15) is 11.3 Å². The molecule has 5 nitrogen and oxygen atoms in total. The third-order valence-electron chi connectivity index (χ3n) is 5.17. The van der Waals surface area contributed by atoms with Crippen LogP contribution < -0.4 is 5.32 Å². The number of rotatable bonds is 6. The van der Waals surface area contributed by atoms with Gasteiger partial charge in [0.15, 0.2) is 0 Å². The molecule has 1 aliphatic heterocycles. The van der Waals surface area contributed by atoms with Crippen LogP contribution in [0.3, 0.4) is 0 Å². The monoisotopic (exact) mass is 440 g/mol. The molecule has 3 heterocycles. The fourth-order valence-electron chi connectivity index (χ4n) is 3.53. The maximum Gasteiger partial charge on any atom is 0.257 e. The van der Waals surface area contributed by atoms with Gasteiger partial charge >= 0.3 is 0 Å². The number of hydrogen-bond donors (Lipinski definition) is 1. The number of ether oxygens (including phenoxy) is 1. The summed E-state index contributed by atoms with van der Waals surface area (Å²) in [4.78, 5) is 28.8. The SMILES string of the molecule is Cc1c(-c2ccccc2)sc(NC(=O)CCc2ccsc2)c1C(=O)N1CCOCC1. The molecule has 7 heteroatoms. The van der Waals surface area contributed by atoms with Crippen molar-refractivity contribution in [1.29, 1.82) is 0 Å². The van der Waals surface area contributed by atoms with Crippen LogP contribution >= 0.6 is 22.7 Å². The molecule has 4 rings (SSSR count). The minimum absolute atomic E-state index is 0.0395. The molecule has 0 atom stereocenters. The van der Waals surface area contributed by atoms with E-state index in [1.807, 2.05) is 53.6 Å². The Bertz CT molecular complexity index is 1010. The standard InChI is InChI=1S/C23H24N2O3S2/c1-16-20(23(27)25-10-12-28-13-11-25)22(30-21(16)18-5-3-2-4-6-18)24-19(26)8-7-17-9-14-29-15-17/h2-6,9,14-15H,7-8,10-13H2,1H3,(H,24,26). The highest BCUT2D eigenvalue weighted by Gasteiger charge is 2.27. The molecule has 1 aliphatic rings. The van der Waals surface area contributed by atoms with Gasteiger partial charge in [0, 0.05) is 24.4 Å². The summed E-state index contributed by atoms with van der Waals surface area (Å²) in [5.41, 5.74) is 3.72. The number of morpholine rings is 1. The molecule has 0 saturated carbocycles. The van der Waals surface area contributed by atoms with E-state index in [9.17, 15) is 9.59 Å². The normalized spacial score (nSPS) is 14.0. The molecule has 1 saturated heterocycles.